The second-order valence-electron chi connectivity index (χ2n) is 4.99. The maximum absolute atomic E-state index is 12.1. The van der Waals surface area contributed by atoms with Crippen LogP contribution < -0.4 is 5.32 Å². The number of carbonyl (C=O) groups is 1. The molecule has 1 amide bonds. The number of ether oxygens (including phenoxy) is 1. The Kier molecular flexibility index (Phi) is 4.75. The van der Waals surface area contributed by atoms with Gasteiger partial charge in [-0.1, -0.05) is 18.2 Å². The zero-order valence-corrected chi connectivity index (χ0v) is 12.1. The number of hydrogen-bond donors (Lipinski definition) is 1. The fourth-order valence-corrected chi connectivity index (χ4v) is 1.91. The topological polar surface area (TPSA) is 51.5 Å². The molecule has 4 nitrogen and oxygen atoms in total. The normalized spacial score (nSPS) is 14.8. The van der Waals surface area contributed by atoms with Crippen molar-refractivity contribution in [2.24, 2.45) is 0 Å². The minimum Gasteiger partial charge on any atom is -0.459 e. The van der Waals surface area contributed by atoms with Gasteiger partial charge < -0.3 is 14.5 Å². The molecule has 2 unspecified atom stereocenters. The molecule has 22 heavy (non-hydrogen) atoms. The molecule has 2 aromatic rings. The molecular weight excluding hydrogens is 299 g/mol. The minimum absolute atomic E-state index is 0.475. The van der Waals surface area contributed by atoms with Gasteiger partial charge in [0.15, 0.2) is 0 Å². The van der Waals surface area contributed by atoms with Gasteiger partial charge in [0, 0.05) is 5.39 Å². The molecule has 0 aliphatic rings. The van der Waals surface area contributed by atoms with E-state index < -0.39 is 30.8 Å². The first kappa shape index (κ1) is 16.4. The summed E-state index contributed by atoms with van der Waals surface area (Å²) >= 11 is 0. The molecule has 0 saturated carbocycles. The highest BCUT2D eigenvalue weighted by molar-refractivity contribution is 5.81. The lowest BCUT2D eigenvalue weighted by atomic mass is 10.2. The van der Waals surface area contributed by atoms with Gasteiger partial charge >= 0.3 is 6.18 Å². The van der Waals surface area contributed by atoms with Gasteiger partial charge in [-0.3, -0.25) is 4.79 Å². The number of nitrogens with one attached hydrogen (secondary N) is 1. The standard InChI is InChI=1S/C15H16F3NO3/c1-9(13-7-11-5-3-4-6-12(11)22-13)19-14(20)10(2)21-8-15(16,17)18/h3-7,9-10H,8H2,1-2H3,(H,19,20). The first-order valence-electron chi connectivity index (χ1n) is 6.73. The Morgan fingerprint density at radius 3 is 2.64 bits per heavy atom. The van der Waals surface area contributed by atoms with Gasteiger partial charge in [0.1, 0.15) is 24.1 Å². The van der Waals surface area contributed by atoms with Crippen molar-refractivity contribution in [3.63, 3.8) is 0 Å². The highest BCUT2D eigenvalue weighted by atomic mass is 19.4. The lowest BCUT2D eigenvalue weighted by Gasteiger charge is -2.17. The fourth-order valence-electron chi connectivity index (χ4n) is 1.91. The van der Waals surface area contributed by atoms with Crippen molar-refractivity contribution in [1.29, 1.82) is 0 Å². The summed E-state index contributed by atoms with van der Waals surface area (Å²) in [5, 5.41) is 3.46. The predicted octanol–water partition coefficient (Wildman–Crippen LogP) is 3.58. The molecule has 2 rings (SSSR count). The monoisotopic (exact) mass is 315 g/mol. The molecule has 1 aromatic heterocycles. The fraction of sp³-hybridized carbons (Fsp3) is 0.400. The molecule has 2 atom stereocenters. The molecule has 0 spiro atoms. The lowest BCUT2D eigenvalue weighted by molar-refractivity contribution is -0.185. The minimum atomic E-state index is -4.46. The quantitative estimate of drug-likeness (QED) is 0.917. The summed E-state index contributed by atoms with van der Waals surface area (Å²) < 4.78 is 46.2. The van der Waals surface area contributed by atoms with E-state index in [1.54, 1.807) is 19.1 Å². The molecular formula is C15H16F3NO3. The van der Waals surface area contributed by atoms with Crippen LogP contribution in [0.15, 0.2) is 34.7 Å². The van der Waals surface area contributed by atoms with Crippen LogP contribution in [0.25, 0.3) is 11.0 Å². The maximum Gasteiger partial charge on any atom is 0.411 e. The number of fused-ring (bicyclic) bond motifs is 1. The van der Waals surface area contributed by atoms with Crippen molar-refractivity contribution in [2.45, 2.75) is 32.2 Å². The first-order chi connectivity index (χ1) is 10.3. The molecule has 1 N–H and O–H groups in total. The van der Waals surface area contributed by atoms with Crippen LogP contribution >= 0.6 is 0 Å². The van der Waals surface area contributed by atoms with E-state index in [4.69, 9.17) is 4.42 Å². The molecule has 7 heteroatoms. The van der Waals surface area contributed by atoms with Crippen molar-refractivity contribution < 1.29 is 27.1 Å². The number of amides is 1. The van der Waals surface area contributed by atoms with E-state index in [0.717, 1.165) is 5.39 Å². The number of furan rings is 1. The van der Waals surface area contributed by atoms with Gasteiger partial charge in [-0.05, 0) is 26.0 Å². The molecule has 120 valence electrons. The van der Waals surface area contributed by atoms with E-state index >= 15 is 0 Å². The molecule has 0 bridgehead atoms. The predicted molar refractivity (Wildman–Crippen MR) is 74.2 cm³/mol. The van der Waals surface area contributed by atoms with Gasteiger partial charge in [-0.25, -0.2) is 0 Å². The molecule has 0 aliphatic heterocycles. The smallest absolute Gasteiger partial charge is 0.411 e. The molecule has 0 fully saturated rings. The van der Waals surface area contributed by atoms with Crippen LogP contribution in [0, 0.1) is 0 Å². The van der Waals surface area contributed by atoms with E-state index in [1.165, 1.54) is 6.92 Å². The van der Waals surface area contributed by atoms with Crippen LogP contribution in [-0.4, -0.2) is 24.8 Å². The third kappa shape index (κ3) is 4.24. The van der Waals surface area contributed by atoms with Gasteiger partial charge in [-0.15, -0.1) is 0 Å². The summed E-state index contributed by atoms with van der Waals surface area (Å²) in [5.74, 6) is -0.102. The maximum atomic E-state index is 12.1. The van der Waals surface area contributed by atoms with Crippen LogP contribution in [0.2, 0.25) is 0 Å². The summed E-state index contributed by atoms with van der Waals surface area (Å²) in [6.07, 6.45) is -5.66. The Hall–Kier alpha value is -2.02. The number of hydrogen-bond acceptors (Lipinski definition) is 3. The summed E-state index contributed by atoms with van der Waals surface area (Å²) in [6.45, 7) is 1.50. The van der Waals surface area contributed by atoms with Crippen molar-refractivity contribution in [3.8, 4) is 0 Å². The summed E-state index contributed by atoms with van der Waals surface area (Å²) in [4.78, 5) is 11.8. The van der Waals surface area contributed by atoms with Crippen molar-refractivity contribution in [2.75, 3.05) is 6.61 Å². The number of rotatable bonds is 5. The van der Waals surface area contributed by atoms with E-state index in [2.05, 4.69) is 10.1 Å². The second-order valence-corrected chi connectivity index (χ2v) is 4.99. The van der Waals surface area contributed by atoms with Crippen LogP contribution in [0.5, 0.6) is 0 Å². The zero-order valence-electron chi connectivity index (χ0n) is 12.1. The molecule has 1 heterocycles. The number of para-hydroxylation sites is 1. The third-order valence-electron chi connectivity index (χ3n) is 3.10. The van der Waals surface area contributed by atoms with Crippen molar-refractivity contribution in [1.82, 2.24) is 5.32 Å². The van der Waals surface area contributed by atoms with E-state index in [0.29, 0.717) is 11.3 Å². The number of benzene rings is 1. The van der Waals surface area contributed by atoms with E-state index in [9.17, 15) is 18.0 Å². The Labute approximate surface area is 125 Å². The average Bonchev–Trinajstić information content (AvgIpc) is 2.87. The third-order valence-corrected chi connectivity index (χ3v) is 3.10. The van der Waals surface area contributed by atoms with E-state index in [-0.39, 0.29) is 0 Å². The Balaban J connectivity index is 1.95. The second kappa shape index (κ2) is 6.39. The molecule has 0 saturated heterocycles. The molecule has 0 aliphatic carbocycles. The van der Waals surface area contributed by atoms with Gasteiger partial charge in [0.2, 0.25) is 5.91 Å². The van der Waals surface area contributed by atoms with Gasteiger partial charge in [-0.2, -0.15) is 13.2 Å². The van der Waals surface area contributed by atoms with Gasteiger partial charge in [0.25, 0.3) is 0 Å². The van der Waals surface area contributed by atoms with Crippen LogP contribution in [0.4, 0.5) is 13.2 Å². The SMILES string of the molecule is CC(OCC(F)(F)F)C(=O)NC(C)c1cc2ccccc2o1. The zero-order chi connectivity index (χ0) is 16.3. The number of carbonyl (C=O) groups excluding carboxylic acids is 1. The summed E-state index contributed by atoms with van der Waals surface area (Å²) in [7, 11) is 0. The number of alkyl halides is 3. The summed E-state index contributed by atoms with van der Waals surface area (Å²) in [6, 6.07) is 8.65. The molecule has 1 aromatic carbocycles. The lowest BCUT2D eigenvalue weighted by Crippen LogP contribution is -2.37. The Morgan fingerprint density at radius 2 is 2.00 bits per heavy atom. The largest absolute Gasteiger partial charge is 0.459 e. The van der Waals surface area contributed by atoms with E-state index in [1.807, 2.05) is 18.2 Å². The van der Waals surface area contributed by atoms with Crippen LogP contribution in [0.3, 0.4) is 0 Å². The highest BCUT2D eigenvalue weighted by Gasteiger charge is 2.30. The van der Waals surface area contributed by atoms with Crippen molar-refractivity contribution in [3.05, 3.63) is 36.1 Å². The average molecular weight is 315 g/mol. The van der Waals surface area contributed by atoms with Crippen LogP contribution in [-0.2, 0) is 9.53 Å². The van der Waals surface area contributed by atoms with Gasteiger partial charge in [0.05, 0.1) is 6.04 Å². The Morgan fingerprint density at radius 1 is 1.32 bits per heavy atom. The molecule has 0 radical (unpaired) electrons. The van der Waals surface area contributed by atoms with Crippen LogP contribution in [0.1, 0.15) is 25.6 Å². The highest BCUT2D eigenvalue weighted by Crippen LogP contribution is 2.23. The summed E-state index contributed by atoms with van der Waals surface area (Å²) in [5.41, 5.74) is 0.681. The first-order valence-corrected chi connectivity index (χ1v) is 6.73. The Bertz CT molecular complexity index is 618. The van der Waals surface area contributed by atoms with Crippen molar-refractivity contribution >= 4 is 16.9 Å². The number of halogens is 3.